The number of rotatable bonds is 5. The monoisotopic (exact) mass is 345 g/mol. The molecule has 1 heterocycles. The highest BCUT2D eigenvalue weighted by molar-refractivity contribution is 7.17. The van der Waals surface area contributed by atoms with Gasteiger partial charge in [-0.1, -0.05) is 0 Å². The average molecular weight is 345 g/mol. The average Bonchev–Trinajstić information content (AvgIpc) is 3.15. The summed E-state index contributed by atoms with van der Waals surface area (Å²) in [6, 6.07) is 6.85. The zero-order valence-corrected chi connectivity index (χ0v) is 14.5. The number of nitrogens with one attached hydrogen (secondary N) is 1. The van der Waals surface area contributed by atoms with Gasteiger partial charge in [0.1, 0.15) is 10.8 Å². The van der Waals surface area contributed by atoms with Crippen LogP contribution in [0.15, 0.2) is 24.3 Å². The molecule has 0 spiro atoms. The Hall–Kier alpha value is -2.34. The van der Waals surface area contributed by atoms with Gasteiger partial charge in [-0.05, 0) is 56.0 Å². The summed E-state index contributed by atoms with van der Waals surface area (Å²) < 4.78 is 10.3. The van der Waals surface area contributed by atoms with Crippen LogP contribution in [0, 0.1) is 0 Å². The van der Waals surface area contributed by atoms with Gasteiger partial charge < -0.3 is 14.8 Å². The van der Waals surface area contributed by atoms with Gasteiger partial charge in [0.2, 0.25) is 0 Å². The minimum Gasteiger partial charge on any atom is -0.497 e. The molecule has 0 saturated heterocycles. The van der Waals surface area contributed by atoms with E-state index in [1.807, 2.05) is 0 Å². The van der Waals surface area contributed by atoms with Crippen LogP contribution in [0.3, 0.4) is 0 Å². The highest BCUT2D eigenvalue weighted by Crippen LogP contribution is 2.39. The minimum absolute atomic E-state index is 0.247. The third-order valence-corrected chi connectivity index (χ3v) is 5.19. The van der Waals surface area contributed by atoms with Crippen molar-refractivity contribution in [3.05, 3.63) is 45.8 Å². The Labute approximate surface area is 144 Å². The summed E-state index contributed by atoms with van der Waals surface area (Å²) in [4.78, 5) is 25.9. The van der Waals surface area contributed by atoms with E-state index >= 15 is 0 Å². The molecule has 1 aliphatic carbocycles. The molecule has 126 valence electrons. The fourth-order valence-corrected chi connectivity index (χ4v) is 4.10. The third-order valence-electron chi connectivity index (χ3n) is 3.98. The van der Waals surface area contributed by atoms with Crippen molar-refractivity contribution >= 4 is 28.2 Å². The Balaban J connectivity index is 1.86. The summed E-state index contributed by atoms with van der Waals surface area (Å²) in [5, 5.41) is 3.45. The molecule has 24 heavy (non-hydrogen) atoms. The topological polar surface area (TPSA) is 64.6 Å². The lowest BCUT2D eigenvalue weighted by atomic mass is 10.1. The van der Waals surface area contributed by atoms with E-state index in [9.17, 15) is 9.59 Å². The van der Waals surface area contributed by atoms with Gasteiger partial charge in [-0.2, -0.15) is 0 Å². The van der Waals surface area contributed by atoms with E-state index in [0.717, 1.165) is 24.8 Å². The lowest BCUT2D eigenvalue weighted by Crippen LogP contribution is -2.15. The van der Waals surface area contributed by atoms with Crippen molar-refractivity contribution in [3.63, 3.8) is 0 Å². The Morgan fingerprint density at radius 1 is 1.21 bits per heavy atom. The van der Waals surface area contributed by atoms with E-state index in [-0.39, 0.29) is 11.9 Å². The van der Waals surface area contributed by atoms with E-state index in [1.165, 1.54) is 16.2 Å². The molecular formula is C18H19NO4S. The van der Waals surface area contributed by atoms with Crippen molar-refractivity contribution in [2.45, 2.75) is 26.2 Å². The van der Waals surface area contributed by atoms with Crippen molar-refractivity contribution in [2.75, 3.05) is 19.0 Å². The van der Waals surface area contributed by atoms with Gasteiger partial charge >= 0.3 is 5.97 Å². The van der Waals surface area contributed by atoms with Gasteiger partial charge in [-0.25, -0.2) is 4.79 Å². The Bertz CT molecular complexity index is 764. The lowest BCUT2D eigenvalue weighted by Gasteiger charge is -2.08. The number of hydrogen-bond donors (Lipinski definition) is 1. The fraction of sp³-hybridized carbons (Fsp3) is 0.333. The molecular weight excluding hydrogens is 326 g/mol. The number of carbonyl (C=O) groups excluding carboxylic acids is 2. The summed E-state index contributed by atoms with van der Waals surface area (Å²) in [5.74, 6) is 0.0823. The predicted molar refractivity (Wildman–Crippen MR) is 93.2 cm³/mol. The Kier molecular flexibility index (Phi) is 4.85. The first kappa shape index (κ1) is 16.5. The number of thiophene rings is 1. The summed E-state index contributed by atoms with van der Waals surface area (Å²) in [5.41, 5.74) is 2.07. The molecule has 1 amide bonds. The Morgan fingerprint density at radius 3 is 2.62 bits per heavy atom. The molecule has 1 aliphatic rings. The van der Waals surface area contributed by atoms with Crippen LogP contribution < -0.4 is 10.1 Å². The standard InChI is InChI=1S/C18H19NO4S/c1-3-23-18(21)15-13-5-4-6-14(13)24-17(15)19-16(20)11-7-9-12(22-2)10-8-11/h7-10H,3-6H2,1-2H3,(H,19,20). The van der Waals surface area contributed by atoms with E-state index in [2.05, 4.69) is 5.32 Å². The summed E-state index contributed by atoms with van der Waals surface area (Å²) >= 11 is 1.48. The van der Waals surface area contributed by atoms with E-state index in [4.69, 9.17) is 9.47 Å². The number of hydrogen-bond acceptors (Lipinski definition) is 5. The van der Waals surface area contributed by atoms with Crippen LogP contribution in [-0.4, -0.2) is 25.6 Å². The van der Waals surface area contributed by atoms with Gasteiger partial charge in [-0.3, -0.25) is 4.79 Å². The summed E-state index contributed by atoms with van der Waals surface area (Å²) in [6.07, 6.45) is 2.85. The summed E-state index contributed by atoms with van der Waals surface area (Å²) in [6.45, 7) is 2.09. The van der Waals surface area contributed by atoms with Crippen molar-refractivity contribution in [1.29, 1.82) is 0 Å². The first-order chi connectivity index (χ1) is 11.6. The molecule has 0 radical (unpaired) electrons. The maximum Gasteiger partial charge on any atom is 0.341 e. The number of carbonyl (C=O) groups is 2. The predicted octanol–water partition coefficient (Wildman–Crippen LogP) is 3.67. The van der Waals surface area contributed by atoms with Crippen molar-refractivity contribution in [3.8, 4) is 5.75 Å². The van der Waals surface area contributed by atoms with E-state index < -0.39 is 0 Å². The van der Waals surface area contributed by atoms with Gasteiger partial charge in [0, 0.05) is 10.4 Å². The Morgan fingerprint density at radius 2 is 1.96 bits per heavy atom. The minimum atomic E-state index is -0.359. The molecule has 1 aromatic heterocycles. The largest absolute Gasteiger partial charge is 0.497 e. The van der Waals surface area contributed by atoms with Gasteiger partial charge in [0.25, 0.3) is 5.91 Å². The number of esters is 1. The van der Waals surface area contributed by atoms with Crippen LogP contribution in [0.25, 0.3) is 0 Å². The zero-order valence-electron chi connectivity index (χ0n) is 13.7. The first-order valence-corrected chi connectivity index (χ1v) is 8.72. The van der Waals surface area contributed by atoms with Crippen LogP contribution in [0.2, 0.25) is 0 Å². The zero-order chi connectivity index (χ0) is 17.1. The fourth-order valence-electron chi connectivity index (χ4n) is 2.83. The molecule has 2 aromatic rings. The van der Waals surface area contributed by atoms with E-state index in [1.54, 1.807) is 38.3 Å². The van der Waals surface area contributed by atoms with Crippen molar-refractivity contribution in [1.82, 2.24) is 0 Å². The SMILES string of the molecule is CCOC(=O)c1c(NC(=O)c2ccc(OC)cc2)sc2c1CCC2. The van der Waals surface area contributed by atoms with Crippen LogP contribution in [0.1, 0.15) is 44.5 Å². The van der Waals surface area contributed by atoms with Gasteiger partial charge in [-0.15, -0.1) is 11.3 Å². The molecule has 1 N–H and O–H groups in total. The van der Waals surface area contributed by atoms with Gasteiger partial charge in [0.15, 0.2) is 0 Å². The number of methoxy groups -OCH3 is 1. The number of ether oxygens (including phenoxy) is 2. The lowest BCUT2D eigenvalue weighted by molar-refractivity contribution is 0.0527. The smallest absolute Gasteiger partial charge is 0.341 e. The molecule has 3 rings (SSSR count). The molecule has 1 aromatic carbocycles. The second-order valence-electron chi connectivity index (χ2n) is 5.46. The number of fused-ring (bicyclic) bond motifs is 1. The molecule has 0 bridgehead atoms. The number of amides is 1. The second-order valence-corrected chi connectivity index (χ2v) is 6.57. The third kappa shape index (κ3) is 3.14. The number of benzene rings is 1. The van der Waals surface area contributed by atoms with Crippen LogP contribution in [0.5, 0.6) is 5.75 Å². The van der Waals surface area contributed by atoms with Crippen molar-refractivity contribution < 1.29 is 19.1 Å². The quantitative estimate of drug-likeness (QED) is 0.840. The van der Waals surface area contributed by atoms with E-state index in [0.29, 0.717) is 28.5 Å². The van der Waals surface area contributed by atoms with Crippen LogP contribution >= 0.6 is 11.3 Å². The second kappa shape index (κ2) is 7.05. The highest BCUT2D eigenvalue weighted by atomic mass is 32.1. The molecule has 0 saturated carbocycles. The van der Waals surface area contributed by atoms with Crippen LogP contribution in [0.4, 0.5) is 5.00 Å². The summed E-state index contributed by atoms with van der Waals surface area (Å²) in [7, 11) is 1.58. The van der Waals surface area contributed by atoms with Crippen molar-refractivity contribution in [2.24, 2.45) is 0 Å². The molecule has 5 nitrogen and oxygen atoms in total. The molecule has 6 heteroatoms. The maximum atomic E-state index is 12.5. The first-order valence-electron chi connectivity index (χ1n) is 7.91. The maximum absolute atomic E-state index is 12.5. The molecule has 0 atom stereocenters. The number of aryl methyl sites for hydroxylation is 1. The number of anilines is 1. The molecule has 0 unspecified atom stereocenters. The molecule has 0 fully saturated rings. The normalized spacial score (nSPS) is 12.6. The van der Waals surface area contributed by atoms with Crippen LogP contribution in [-0.2, 0) is 17.6 Å². The molecule has 0 aliphatic heterocycles. The highest BCUT2D eigenvalue weighted by Gasteiger charge is 2.28. The van der Waals surface area contributed by atoms with Gasteiger partial charge in [0.05, 0.1) is 19.3 Å².